The van der Waals surface area contributed by atoms with Gasteiger partial charge < -0.3 is 0 Å². The summed E-state index contributed by atoms with van der Waals surface area (Å²) in [4.78, 5) is 12.1. The Kier molecular flexibility index (Phi) is 2.72. The van der Waals surface area contributed by atoms with E-state index in [-0.39, 0.29) is 16.7 Å². The van der Waals surface area contributed by atoms with E-state index in [0.717, 1.165) is 5.56 Å². The molecule has 1 aliphatic carbocycles. The van der Waals surface area contributed by atoms with Gasteiger partial charge in [0.2, 0.25) is 0 Å². The van der Waals surface area contributed by atoms with Gasteiger partial charge in [-0.05, 0) is 24.1 Å². The van der Waals surface area contributed by atoms with Crippen LogP contribution in [0.25, 0.3) is 0 Å². The van der Waals surface area contributed by atoms with Crippen molar-refractivity contribution in [1.29, 1.82) is 0 Å². The summed E-state index contributed by atoms with van der Waals surface area (Å²) >= 11 is 0. The molecule has 0 amide bonds. The molecule has 0 spiro atoms. The van der Waals surface area contributed by atoms with Gasteiger partial charge in [0.1, 0.15) is 0 Å². The predicted octanol–water partition coefficient (Wildman–Crippen LogP) is 1.69. The Bertz CT molecular complexity index is 885. The van der Waals surface area contributed by atoms with Crippen molar-refractivity contribution in [2.75, 3.05) is 10.8 Å². The average Bonchev–Trinajstić information content (AvgIpc) is 3.08. The molecular weight excluding hydrogens is 302 g/mol. The first-order chi connectivity index (χ1) is 10.5. The molecule has 1 unspecified atom stereocenters. The van der Waals surface area contributed by atoms with Crippen LogP contribution >= 0.6 is 0 Å². The Labute approximate surface area is 128 Å². The van der Waals surface area contributed by atoms with Crippen LogP contribution < -0.4 is 4.31 Å². The highest BCUT2D eigenvalue weighted by Crippen LogP contribution is 2.46. The third-order valence-electron chi connectivity index (χ3n) is 4.50. The fourth-order valence-electron chi connectivity index (χ4n) is 3.46. The molecule has 1 atom stereocenters. The highest BCUT2D eigenvalue weighted by Gasteiger charge is 2.41. The number of ketones is 1. The fourth-order valence-corrected chi connectivity index (χ4v) is 5.10. The van der Waals surface area contributed by atoms with Crippen molar-refractivity contribution in [3.8, 4) is 0 Å². The van der Waals surface area contributed by atoms with Crippen molar-refractivity contribution in [2.24, 2.45) is 7.05 Å². The van der Waals surface area contributed by atoms with Crippen molar-refractivity contribution >= 4 is 21.5 Å². The molecule has 0 radical (unpaired) electrons. The summed E-state index contributed by atoms with van der Waals surface area (Å²) in [5, 5.41) is 4.11. The average molecular weight is 317 g/mol. The number of nitrogens with zero attached hydrogens (tertiary/aromatic N) is 3. The summed E-state index contributed by atoms with van der Waals surface area (Å²) in [5.74, 6) is 0.208. The van der Waals surface area contributed by atoms with E-state index < -0.39 is 10.0 Å². The van der Waals surface area contributed by atoms with Gasteiger partial charge in [0, 0.05) is 31.5 Å². The first kappa shape index (κ1) is 13.5. The van der Waals surface area contributed by atoms with Crippen LogP contribution in [0.1, 0.15) is 34.7 Å². The summed E-state index contributed by atoms with van der Waals surface area (Å²) < 4.78 is 28.6. The van der Waals surface area contributed by atoms with Crippen LogP contribution in [-0.2, 0) is 17.1 Å². The normalized spacial score (nSPS) is 20.3. The first-order valence-electron chi connectivity index (χ1n) is 7.17. The number of sulfonamides is 1. The molecule has 1 aliphatic heterocycles. The van der Waals surface area contributed by atoms with E-state index in [1.54, 1.807) is 25.2 Å². The van der Waals surface area contributed by atoms with Gasteiger partial charge in [-0.15, -0.1) is 0 Å². The maximum absolute atomic E-state index is 12.9. The minimum Gasteiger partial charge on any atom is -0.294 e. The van der Waals surface area contributed by atoms with Gasteiger partial charge in [0.15, 0.2) is 10.8 Å². The number of carbonyl (C=O) groups excluding carboxylic acids is 1. The van der Waals surface area contributed by atoms with E-state index in [2.05, 4.69) is 5.10 Å². The number of hydrogen-bond donors (Lipinski definition) is 0. The Balaban J connectivity index is 1.89. The van der Waals surface area contributed by atoms with Crippen molar-refractivity contribution in [2.45, 2.75) is 23.8 Å². The third-order valence-corrected chi connectivity index (χ3v) is 6.35. The van der Waals surface area contributed by atoms with Gasteiger partial charge in [-0.1, -0.05) is 12.1 Å². The zero-order valence-electron chi connectivity index (χ0n) is 12.1. The first-order valence-corrected chi connectivity index (χ1v) is 8.61. The Morgan fingerprint density at radius 3 is 2.82 bits per heavy atom. The molecule has 1 aromatic carbocycles. The maximum atomic E-state index is 12.9. The zero-order valence-corrected chi connectivity index (χ0v) is 12.9. The molecular formula is C15H15N3O3S. The van der Waals surface area contributed by atoms with Crippen molar-refractivity contribution < 1.29 is 13.2 Å². The van der Waals surface area contributed by atoms with Crippen LogP contribution in [0.2, 0.25) is 0 Å². The number of hydrogen-bond acceptors (Lipinski definition) is 4. The maximum Gasteiger partial charge on any atom is 0.281 e. The van der Waals surface area contributed by atoms with E-state index in [1.807, 2.05) is 0 Å². The molecule has 7 heteroatoms. The number of aromatic nitrogens is 2. The molecule has 1 aromatic heterocycles. The third kappa shape index (κ3) is 1.68. The number of rotatable bonds is 2. The monoisotopic (exact) mass is 317 g/mol. The molecule has 2 aliphatic rings. The summed E-state index contributed by atoms with van der Waals surface area (Å²) in [6, 6.07) is 6.83. The van der Waals surface area contributed by atoms with Crippen LogP contribution in [-0.4, -0.2) is 30.5 Å². The topological polar surface area (TPSA) is 72.3 Å². The van der Waals surface area contributed by atoms with E-state index in [4.69, 9.17) is 0 Å². The van der Waals surface area contributed by atoms with Gasteiger partial charge >= 0.3 is 0 Å². The lowest BCUT2D eigenvalue weighted by Crippen LogP contribution is -2.31. The van der Waals surface area contributed by atoms with E-state index in [0.29, 0.717) is 30.6 Å². The number of benzene rings is 1. The number of Topliss-reactive ketones (excluding diaryl/α,β-unsaturated/α-hetero) is 1. The molecule has 0 saturated carbocycles. The van der Waals surface area contributed by atoms with Crippen molar-refractivity contribution in [3.63, 3.8) is 0 Å². The van der Waals surface area contributed by atoms with Crippen LogP contribution in [0.3, 0.4) is 0 Å². The van der Waals surface area contributed by atoms with Gasteiger partial charge in [0.05, 0.1) is 11.9 Å². The van der Waals surface area contributed by atoms with E-state index >= 15 is 0 Å². The Morgan fingerprint density at radius 2 is 2.09 bits per heavy atom. The summed E-state index contributed by atoms with van der Waals surface area (Å²) in [5.41, 5.74) is 2.21. The second kappa shape index (κ2) is 4.42. The Morgan fingerprint density at radius 1 is 1.27 bits per heavy atom. The van der Waals surface area contributed by atoms with Gasteiger partial charge in [-0.2, -0.15) is 13.5 Å². The molecule has 2 aromatic rings. The molecule has 2 heterocycles. The fraction of sp³-hybridized carbons (Fsp3) is 0.333. The molecule has 0 fully saturated rings. The van der Waals surface area contributed by atoms with E-state index in [1.165, 1.54) is 21.3 Å². The largest absolute Gasteiger partial charge is 0.294 e. The van der Waals surface area contributed by atoms with Gasteiger partial charge in [0.25, 0.3) is 10.0 Å². The lowest BCUT2D eigenvalue weighted by molar-refractivity contribution is 0.0968. The SMILES string of the molecule is Cn1nccc1S(=O)(=O)N1CC2CCC(=O)c3cccc1c32. The highest BCUT2D eigenvalue weighted by atomic mass is 32.2. The quantitative estimate of drug-likeness (QED) is 0.845. The summed E-state index contributed by atoms with van der Waals surface area (Å²) in [7, 11) is -2.06. The molecule has 0 saturated heterocycles. The minimum absolute atomic E-state index is 0.104. The van der Waals surface area contributed by atoms with Gasteiger partial charge in [-0.25, -0.2) is 0 Å². The molecule has 6 nitrogen and oxygen atoms in total. The summed E-state index contributed by atoms with van der Waals surface area (Å²) in [6.45, 7) is 0.396. The molecule has 22 heavy (non-hydrogen) atoms. The van der Waals surface area contributed by atoms with E-state index in [9.17, 15) is 13.2 Å². The van der Waals surface area contributed by atoms with Crippen LogP contribution in [0.4, 0.5) is 5.69 Å². The second-order valence-corrected chi connectivity index (χ2v) is 7.54. The molecule has 0 bridgehead atoms. The van der Waals surface area contributed by atoms with Crippen molar-refractivity contribution in [3.05, 3.63) is 41.6 Å². The minimum atomic E-state index is -3.67. The lowest BCUT2D eigenvalue weighted by atomic mass is 9.83. The molecule has 4 rings (SSSR count). The lowest BCUT2D eigenvalue weighted by Gasteiger charge is -2.19. The number of aryl methyl sites for hydroxylation is 1. The van der Waals surface area contributed by atoms with Crippen LogP contribution in [0, 0.1) is 0 Å². The van der Waals surface area contributed by atoms with Gasteiger partial charge in [-0.3, -0.25) is 13.8 Å². The zero-order chi connectivity index (χ0) is 15.5. The highest BCUT2D eigenvalue weighted by molar-refractivity contribution is 7.92. The Hall–Kier alpha value is -2.15. The smallest absolute Gasteiger partial charge is 0.281 e. The standard InChI is InChI=1S/C15H15N3O3S/c1-17-14(7-8-16-17)22(20,21)18-9-10-5-6-13(19)11-3-2-4-12(18)15(10)11/h2-4,7-8,10H,5-6,9H2,1H3. The molecule has 114 valence electrons. The van der Waals surface area contributed by atoms with Crippen LogP contribution in [0.15, 0.2) is 35.5 Å². The number of carbonyl (C=O) groups is 1. The number of anilines is 1. The molecule has 0 N–H and O–H groups in total. The second-order valence-electron chi connectivity index (χ2n) is 5.73. The predicted molar refractivity (Wildman–Crippen MR) is 80.5 cm³/mol. The van der Waals surface area contributed by atoms with Crippen LogP contribution in [0.5, 0.6) is 0 Å². The summed E-state index contributed by atoms with van der Waals surface area (Å²) in [6.07, 6.45) is 2.67. The van der Waals surface area contributed by atoms with Crippen molar-refractivity contribution in [1.82, 2.24) is 9.78 Å².